The summed E-state index contributed by atoms with van der Waals surface area (Å²) in [6.07, 6.45) is 2.69. The first-order chi connectivity index (χ1) is 11.6. The zero-order chi connectivity index (χ0) is 17.2. The molecule has 3 rings (SSSR count). The molecule has 0 unspecified atom stereocenters. The molecule has 0 radical (unpaired) electrons. The number of carbonyl (C=O) groups is 1. The van der Waals surface area contributed by atoms with E-state index in [1.165, 1.54) is 0 Å². The van der Waals surface area contributed by atoms with Gasteiger partial charge in [-0.15, -0.1) is 0 Å². The number of hydrogen-bond acceptors (Lipinski definition) is 3. The summed E-state index contributed by atoms with van der Waals surface area (Å²) in [5.41, 5.74) is 0.749. The van der Waals surface area contributed by atoms with Gasteiger partial charge < -0.3 is 14.5 Å². The summed E-state index contributed by atoms with van der Waals surface area (Å²) in [7, 11) is 4.26. The van der Waals surface area contributed by atoms with Crippen LogP contribution < -0.4 is 0 Å². The lowest BCUT2D eigenvalue weighted by Gasteiger charge is -2.39. The van der Waals surface area contributed by atoms with Crippen molar-refractivity contribution in [2.75, 3.05) is 40.4 Å². The van der Waals surface area contributed by atoms with E-state index in [1.54, 1.807) is 0 Å². The van der Waals surface area contributed by atoms with Crippen molar-refractivity contribution in [1.82, 2.24) is 9.80 Å². The molecular weight excluding hydrogens is 300 g/mol. The highest BCUT2D eigenvalue weighted by Gasteiger charge is 2.47. The zero-order valence-electron chi connectivity index (χ0n) is 15.2. The first-order valence-electron chi connectivity index (χ1n) is 9.17. The van der Waals surface area contributed by atoms with E-state index in [0.717, 1.165) is 37.9 Å². The van der Waals surface area contributed by atoms with Gasteiger partial charge in [-0.3, -0.25) is 4.79 Å². The summed E-state index contributed by atoms with van der Waals surface area (Å²) in [6.45, 7) is 5.30. The van der Waals surface area contributed by atoms with E-state index in [0.29, 0.717) is 31.1 Å². The minimum Gasteiger partial charge on any atom is -0.381 e. The van der Waals surface area contributed by atoms with Crippen LogP contribution >= 0.6 is 0 Å². The maximum atomic E-state index is 13.6. The van der Waals surface area contributed by atoms with Gasteiger partial charge in [-0.25, -0.2) is 0 Å². The van der Waals surface area contributed by atoms with Gasteiger partial charge >= 0.3 is 0 Å². The minimum absolute atomic E-state index is 0.305. The van der Waals surface area contributed by atoms with Crippen LogP contribution in [-0.2, 0) is 14.9 Å². The van der Waals surface area contributed by atoms with Crippen LogP contribution in [0.5, 0.6) is 0 Å². The largest absolute Gasteiger partial charge is 0.381 e. The smallest absolute Gasteiger partial charge is 0.233 e. The number of likely N-dealkylation sites (tertiary alicyclic amines) is 1. The highest BCUT2D eigenvalue weighted by molar-refractivity contribution is 5.88. The third kappa shape index (κ3) is 3.09. The Labute approximate surface area is 145 Å². The number of likely N-dealkylation sites (N-methyl/N-ethyl adjacent to an activating group) is 1. The molecule has 1 aromatic rings. The Hall–Kier alpha value is -1.39. The molecule has 0 saturated carbocycles. The van der Waals surface area contributed by atoms with Crippen LogP contribution in [-0.4, -0.2) is 62.1 Å². The molecule has 1 amide bonds. The molecule has 0 aliphatic carbocycles. The number of rotatable bonds is 4. The Bertz CT molecular complexity index is 552. The van der Waals surface area contributed by atoms with E-state index in [2.05, 4.69) is 43.0 Å². The van der Waals surface area contributed by atoms with Crippen LogP contribution in [0.3, 0.4) is 0 Å². The summed E-state index contributed by atoms with van der Waals surface area (Å²) in [4.78, 5) is 18.0. The average Bonchev–Trinajstić information content (AvgIpc) is 3.07. The van der Waals surface area contributed by atoms with Crippen LogP contribution in [0.25, 0.3) is 0 Å². The fourth-order valence-corrected chi connectivity index (χ4v) is 4.41. The summed E-state index contributed by atoms with van der Waals surface area (Å²) in [5.74, 6) is 0.872. The van der Waals surface area contributed by atoms with Gasteiger partial charge in [0.15, 0.2) is 0 Å². The number of carbonyl (C=O) groups excluding carboxylic acids is 1. The predicted octanol–water partition coefficient (Wildman–Crippen LogP) is 2.53. The molecule has 0 bridgehead atoms. The van der Waals surface area contributed by atoms with Crippen molar-refractivity contribution in [2.45, 2.75) is 37.6 Å². The SMILES string of the molecule is CC[C@@H]1CN(C(=O)C2(c3ccccc3)CCOCC2)C[C@H]1N(C)C. The molecule has 2 heterocycles. The minimum atomic E-state index is -0.404. The molecule has 2 fully saturated rings. The molecule has 4 heteroatoms. The van der Waals surface area contributed by atoms with Gasteiger partial charge in [0.2, 0.25) is 5.91 Å². The van der Waals surface area contributed by atoms with Gasteiger partial charge in [-0.1, -0.05) is 43.7 Å². The van der Waals surface area contributed by atoms with Gasteiger partial charge in [0, 0.05) is 32.3 Å². The van der Waals surface area contributed by atoms with Gasteiger partial charge in [0.25, 0.3) is 0 Å². The summed E-state index contributed by atoms with van der Waals surface area (Å²) in [6, 6.07) is 10.8. The van der Waals surface area contributed by atoms with Crippen LogP contribution in [0.4, 0.5) is 0 Å². The van der Waals surface area contributed by atoms with E-state index >= 15 is 0 Å². The predicted molar refractivity (Wildman–Crippen MR) is 96.0 cm³/mol. The Kier molecular flexibility index (Phi) is 5.26. The van der Waals surface area contributed by atoms with Crippen LogP contribution in [0.1, 0.15) is 31.7 Å². The average molecular weight is 330 g/mol. The Morgan fingerprint density at radius 3 is 2.42 bits per heavy atom. The zero-order valence-corrected chi connectivity index (χ0v) is 15.2. The highest BCUT2D eigenvalue weighted by atomic mass is 16.5. The van der Waals surface area contributed by atoms with E-state index in [4.69, 9.17) is 4.74 Å². The fraction of sp³-hybridized carbons (Fsp3) is 0.650. The molecule has 2 aliphatic heterocycles. The number of amides is 1. The van der Waals surface area contributed by atoms with Crippen molar-refractivity contribution in [1.29, 1.82) is 0 Å². The van der Waals surface area contributed by atoms with Gasteiger partial charge in [-0.2, -0.15) is 0 Å². The molecule has 0 N–H and O–H groups in total. The molecule has 132 valence electrons. The van der Waals surface area contributed by atoms with Crippen LogP contribution in [0, 0.1) is 5.92 Å². The van der Waals surface area contributed by atoms with Crippen molar-refractivity contribution >= 4 is 5.91 Å². The number of benzene rings is 1. The second-order valence-corrected chi connectivity index (χ2v) is 7.47. The third-order valence-electron chi connectivity index (χ3n) is 5.96. The van der Waals surface area contributed by atoms with E-state index < -0.39 is 5.41 Å². The van der Waals surface area contributed by atoms with Gasteiger partial charge in [-0.05, 0) is 38.4 Å². The second-order valence-electron chi connectivity index (χ2n) is 7.47. The standard InChI is InChI=1S/C20H30N2O2/c1-4-16-14-22(15-18(16)21(2)3)19(23)20(10-12-24-13-11-20)17-8-6-5-7-9-17/h5-9,16,18H,4,10-15H2,1-3H3/t16-,18-/m1/s1. The summed E-state index contributed by atoms with van der Waals surface area (Å²) < 4.78 is 5.58. The van der Waals surface area contributed by atoms with Crippen molar-refractivity contribution in [3.8, 4) is 0 Å². The van der Waals surface area contributed by atoms with Crippen LogP contribution in [0.2, 0.25) is 0 Å². The Morgan fingerprint density at radius 1 is 1.21 bits per heavy atom. The third-order valence-corrected chi connectivity index (χ3v) is 5.96. The second kappa shape index (κ2) is 7.24. The van der Waals surface area contributed by atoms with E-state index in [9.17, 15) is 4.79 Å². The first kappa shape index (κ1) is 17.4. The molecular formula is C20H30N2O2. The van der Waals surface area contributed by atoms with Crippen LogP contribution in [0.15, 0.2) is 30.3 Å². The first-order valence-corrected chi connectivity index (χ1v) is 9.17. The van der Waals surface area contributed by atoms with Crippen molar-refractivity contribution < 1.29 is 9.53 Å². The number of hydrogen-bond donors (Lipinski definition) is 0. The van der Waals surface area contributed by atoms with Crippen molar-refractivity contribution in [2.24, 2.45) is 5.92 Å². The lowest BCUT2D eigenvalue weighted by molar-refractivity contribution is -0.140. The molecule has 24 heavy (non-hydrogen) atoms. The Balaban J connectivity index is 1.88. The van der Waals surface area contributed by atoms with E-state index in [-0.39, 0.29) is 0 Å². The molecule has 1 aromatic carbocycles. The summed E-state index contributed by atoms with van der Waals surface area (Å²) >= 11 is 0. The maximum absolute atomic E-state index is 13.6. The molecule has 0 spiro atoms. The van der Waals surface area contributed by atoms with Crippen molar-refractivity contribution in [3.05, 3.63) is 35.9 Å². The monoisotopic (exact) mass is 330 g/mol. The topological polar surface area (TPSA) is 32.8 Å². The molecule has 4 nitrogen and oxygen atoms in total. The maximum Gasteiger partial charge on any atom is 0.233 e. The quantitative estimate of drug-likeness (QED) is 0.850. The van der Waals surface area contributed by atoms with Gasteiger partial charge in [0.1, 0.15) is 0 Å². The highest BCUT2D eigenvalue weighted by Crippen LogP contribution is 2.38. The molecule has 2 saturated heterocycles. The number of nitrogens with zero attached hydrogens (tertiary/aromatic N) is 2. The molecule has 0 aromatic heterocycles. The number of ether oxygens (including phenoxy) is 1. The van der Waals surface area contributed by atoms with Crippen molar-refractivity contribution in [3.63, 3.8) is 0 Å². The molecule has 2 atom stereocenters. The fourth-order valence-electron chi connectivity index (χ4n) is 4.41. The lowest BCUT2D eigenvalue weighted by Crippen LogP contribution is -2.49. The van der Waals surface area contributed by atoms with E-state index in [1.807, 2.05) is 18.2 Å². The normalized spacial score (nSPS) is 26.8. The Morgan fingerprint density at radius 2 is 1.88 bits per heavy atom. The lowest BCUT2D eigenvalue weighted by atomic mass is 9.73. The molecule has 2 aliphatic rings. The van der Waals surface area contributed by atoms with Gasteiger partial charge in [0.05, 0.1) is 5.41 Å². The summed E-state index contributed by atoms with van der Waals surface area (Å²) in [5, 5.41) is 0.